The molecule has 4 heteroatoms. The molecule has 3 nitrogen and oxygen atoms in total. The maximum Gasteiger partial charge on any atom is 0.155 e. The largest absolute Gasteiger partial charge is 0.222 e. The molecule has 2 aromatic rings. The molecule has 2 aromatic heterocycles. The molecule has 0 saturated heterocycles. The second-order valence-corrected chi connectivity index (χ2v) is 4.05. The lowest BCUT2D eigenvalue weighted by Crippen LogP contribution is -1.99. The van der Waals surface area contributed by atoms with Gasteiger partial charge in [-0.05, 0) is 24.1 Å². The van der Waals surface area contributed by atoms with Gasteiger partial charge in [0.25, 0.3) is 0 Å². The normalized spacial score (nSPS) is 10.9. The summed E-state index contributed by atoms with van der Waals surface area (Å²) in [5.41, 5.74) is 1.05. The van der Waals surface area contributed by atoms with Crippen LogP contribution >= 0.6 is 11.6 Å². The third kappa shape index (κ3) is 2.18. The average Bonchev–Trinajstić information content (AvgIpc) is 2.66. The standard InChI is InChI=1S/C11H12ClN3/c1-8(2)9-6-7-15(14-9)11-5-3-4-10(12)13-11/h3-8H,1-2H3. The minimum Gasteiger partial charge on any atom is -0.222 e. The van der Waals surface area contributed by atoms with E-state index in [0.29, 0.717) is 11.1 Å². The monoisotopic (exact) mass is 221 g/mol. The molecular weight excluding hydrogens is 210 g/mol. The number of pyridine rings is 1. The summed E-state index contributed by atoms with van der Waals surface area (Å²) in [5, 5.41) is 4.90. The van der Waals surface area contributed by atoms with Crippen LogP contribution in [0.15, 0.2) is 30.5 Å². The van der Waals surface area contributed by atoms with Crippen molar-refractivity contribution in [2.24, 2.45) is 0 Å². The van der Waals surface area contributed by atoms with E-state index in [0.717, 1.165) is 11.5 Å². The Balaban J connectivity index is 2.37. The average molecular weight is 222 g/mol. The molecular formula is C11H12ClN3. The van der Waals surface area contributed by atoms with Crippen molar-refractivity contribution in [3.8, 4) is 5.82 Å². The van der Waals surface area contributed by atoms with Gasteiger partial charge in [0.1, 0.15) is 5.15 Å². The summed E-state index contributed by atoms with van der Waals surface area (Å²) in [7, 11) is 0. The van der Waals surface area contributed by atoms with Crippen molar-refractivity contribution in [1.82, 2.24) is 14.8 Å². The van der Waals surface area contributed by atoms with Crippen molar-refractivity contribution in [2.75, 3.05) is 0 Å². The predicted octanol–water partition coefficient (Wildman–Crippen LogP) is 3.04. The Kier molecular flexibility index (Phi) is 2.73. The Morgan fingerprint density at radius 2 is 2.07 bits per heavy atom. The first-order valence-electron chi connectivity index (χ1n) is 4.85. The van der Waals surface area contributed by atoms with Gasteiger partial charge >= 0.3 is 0 Å². The van der Waals surface area contributed by atoms with E-state index in [-0.39, 0.29) is 0 Å². The van der Waals surface area contributed by atoms with E-state index in [1.54, 1.807) is 10.7 Å². The van der Waals surface area contributed by atoms with Crippen molar-refractivity contribution < 1.29 is 0 Å². The molecule has 2 rings (SSSR count). The first-order chi connectivity index (χ1) is 7.16. The molecule has 0 unspecified atom stereocenters. The lowest BCUT2D eigenvalue weighted by atomic mass is 10.1. The molecule has 2 heterocycles. The van der Waals surface area contributed by atoms with E-state index >= 15 is 0 Å². The minimum atomic E-state index is 0.422. The zero-order chi connectivity index (χ0) is 10.8. The van der Waals surface area contributed by atoms with Crippen LogP contribution in [-0.4, -0.2) is 14.8 Å². The van der Waals surface area contributed by atoms with E-state index in [1.165, 1.54) is 0 Å². The SMILES string of the molecule is CC(C)c1ccn(-c2cccc(Cl)n2)n1. The lowest BCUT2D eigenvalue weighted by Gasteiger charge is -2.01. The van der Waals surface area contributed by atoms with Crippen LogP contribution in [0.25, 0.3) is 5.82 Å². The summed E-state index contributed by atoms with van der Waals surface area (Å²) in [6, 6.07) is 7.48. The first-order valence-corrected chi connectivity index (χ1v) is 5.23. The fourth-order valence-corrected chi connectivity index (χ4v) is 1.46. The summed E-state index contributed by atoms with van der Waals surface area (Å²) in [6.45, 7) is 4.22. The van der Waals surface area contributed by atoms with Gasteiger partial charge < -0.3 is 0 Å². The third-order valence-electron chi connectivity index (χ3n) is 2.14. The minimum absolute atomic E-state index is 0.422. The van der Waals surface area contributed by atoms with Crippen LogP contribution in [0.2, 0.25) is 5.15 Å². The Morgan fingerprint density at radius 1 is 1.27 bits per heavy atom. The maximum atomic E-state index is 5.81. The number of aromatic nitrogens is 3. The first kappa shape index (κ1) is 10.2. The summed E-state index contributed by atoms with van der Waals surface area (Å²) in [5.74, 6) is 1.17. The second-order valence-electron chi connectivity index (χ2n) is 3.66. The molecule has 0 aliphatic carbocycles. The highest BCUT2D eigenvalue weighted by atomic mass is 35.5. The number of halogens is 1. The number of hydrogen-bond donors (Lipinski definition) is 0. The van der Waals surface area contributed by atoms with Crippen molar-refractivity contribution in [2.45, 2.75) is 19.8 Å². The van der Waals surface area contributed by atoms with Crippen LogP contribution in [0, 0.1) is 0 Å². The molecule has 0 N–H and O–H groups in total. The van der Waals surface area contributed by atoms with Gasteiger partial charge in [-0.15, -0.1) is 0 Å². The number of nitrogens with zero attached hydrogens (tertiary/aromatic N) is 3. The molecule has 0 fully saturated rings. The van der Waals surface area contributed by atoms with E-state index < -0.39 is 0 Å². The maximum absolute atomic E-state index is 5.81. The molecule has 0 atom stereocenters. The van der Waals surface area contributed by atoms with Gasteiger partial charge in [-0.25, -0.2) is 9.67 Å². The van der Waals surface area contributed by atoms with Crippen LogP contribution in [-0.2, 0) is 0 Å². The van der Waals surface area contributed by atoms with Gasteiger partial charge in [0, 0.05) is 6.20 Å². The van der Waals surface area contributed by atoms with Crippen molar-refractivity contribution in [1.29, 1.82) is 0 Å². The van der Waals surface area contributed by atoms with Crippen LogP contribution in [0.1, 0.15) is 25.5 Å². The van der Waals surface area contributed by atoms with Crippen molar-refractivity contribution in [3.05, 3.63) is 41.3 Å². The van der Waals surface area contributed by atoms with Gasteiger partial charge in [0.05, 0.1) is 5.69 Å². The van der Waals surface area contributed by atoms with Gasteiger partial charge in [0.15, 0.2) is 5.82 Å². The van der Waals surface area contributed by atoms with Crippen LogP contribution < -0.4 is 0 Å². The summed E-state index contributed by atoms with van der Waals surface area (Å²) < 4.78 is 1.74. The van der Waals surface area contributed by atoms with E-state index in [4.69, 9.17) is 11.6 Å². The fraction of sp³-hybridized carbons (Fsp3) is 0.273. The Labute approximate surface area is 93.7 Å². The molecule has 15 heavy (non-hydrogen) atoms. The van der Waals surface area contributed by atoms with Gasteiger partial charge in [0.2, 0.25) is 0 Å². The molecule has 78 valence electrons. The zero-order valence-corrected chi connectivity index (χ0v) is 9.44. The quantitative estimate of drug-likeness (QED) is 0.730. The van der Waals surface area contributed by atoms with E-state index in [2.05, 4.69) is 23.9 Å². The number of rotatable bonds is 2. The molecule has 0 aliphatic heterocycles. The Morgan fingerprint density at radius 3 is 2.67 bits per heavy atom. The van der Waals surface area contributed by atoms with Gasteiger partial charge in [-0.2, -0.15) is 5.10 Å². The topological polar surface area (TPSA) is 30.7 Å². The van der Waals surface area contributed by atoms with Gasteiger partial charge in [-0.3, -0.25) is 0 Å². The number of hydrogen-bond acceptors (Lipinski definition) is 2. The van der Waals surface area contributed by atoms with E-state index in [9.17, 15) is 0 Å². The Bertz CT molecular complexity index is 462. The fourth-order valence-electron chi connectivity index (χ4n) is 1.30. The molecule has 0 radical (unpaired) electrons. The molecule has 0 aromatic carbocycles. The molecule has 0 aliphatic rings. The van der Waals surface area contributed by atoms with Crippen molar-refractivity contribution in [3.63, 3.8) is 0 Å². The van der Waals surface area contributed by atoms with Crippen molar-refractivity contribution >= 4 is 11.6 Å². The molecule has 0 bridgehead atoms. The highest BCUT2D eigenvalue weighted by molar-refractivity contribution is 6.29. The highest BCUT2D eigenvalue weighted by Gasteiger charge is 2.05. The smallest absolute Gasteiger partial charge is 0.155 e. The van der Waals surface area contributed by atoms with E-state index in [1.807, 2.05) is 24.4 Å². The van der Waals surface area contributed by atoms with Crippen LogP contribution in [0.4, 0.5) is 0 Å². The molecule has 0 amide bonds. The second kappa shape index (κ2) is 4.03. The summed E-state index contributed by atoms with van der Waals surface area (Å²) in [4.78, 5) is 4.18. The van der Waals surface area contributed by atoms with Crippen LogP contribution in [0.3, 0.4) is 0 Å². The predicted molar refractivity (Wildman–Crippen MR) is 60.5 cm³/mol. The molecule has 0 saturated carbocycles. The third-order valence-corrected chi connectivity index (χ3v) is 2.35. The zero-order valence-electron chi connectivity index (χ0n) is 8.68. The highest BCUT2D eigenvalue weighted by Crippen LogP contribution is 2.14. The Hall–Kier alpha value is -1.35. The van der Waals surface area contributed by atoms with Crippen LogP contribution in [0.5, 0.6) is 0 Å². The molecule has 0 spiro atoms. The summed E-state index contributed by atoms with van der Waals surface area (Å²) in [6.07, 6.45) is 1.90. The lowest BCUT2D eigenvalue weighted by molar-refractivity contribution is 0.758. The van der Waals surface area contributed by atoms with Gasteiger partial charge in [-0.1, -0.05) is 31.5 Å². The summed E-state index contributed by atoms with van der Waals surface area (Å²) >= 11 is 5.81.